The molecule has 4 nitrogen and oxygen atoms in total. The fourth-order valence-corrected chi connectivity index (χ4v) is 2.11. The Morgan fingerprint density at radius 2 is 1.86 bits per heavy atom. The summed E-state index contributed by atoms with van der Waals surface area (Å²) in [5, 5.41) is 18.4. The molecule has 0 aromatic heterocycles. The molecule has 21 heavy (non-hydrogen) atoms. The molecule has 0 heterocycles. The third-order valence-corrected chi connectivity index (χ3v) is 3.15. The summed E-state index contributed by atoms with van der Waals surface area (Å²) < 4.78 is 11.1. The van der Waals surface area contributed by atoms with Crippen LogP contribution in [0.15, 0.2) is 42.5 Å². The first-order valence-electron chi connectivity index (χ1n) is 6.95. The summed E-state index contributed by atoms with van der Waals surface area (Å²) in [6.45, 7) is 2.13. The van der Waals surface area contributed by atoms with Crippen molar-refractivity contribution in [2.75, 3.05) is 7.11 Å². The molecule has 0 aliphatic rings. The van der Waals surface area contributed by atoms with Crippen molar-refractivity contribution in [3.63, 3.8) is 0 Å². The van der Waals surface area contributed by atoms with Gasteiger partial charge in [0.15, 0.2) is 11.5 Å². The zero-order chi connectivity index (χ0) is 15.2. The fraction of sp³-hybridized carbons (Fsp3) is 0.250. The average molecular weight is 286 g/mol. The topological polar surface area (TPSA) is 58.9 Å². The lowest BCUT2D eigenvalue weighted by Gasteiger charge is -2.12. The molecule has 2 aromatic carbocycles. The molecule has 0 fully saturated rings. The molecule has 2 rings (SSSR count). The van der Waals surface area contributed by atoms with Gasteiger partial charge in [-0.25, -0.2) is 0 Å². The van der Waals surface area contributed by atoms with Crippen molar-refractivity contribution in [2.45, 2.75) is 19.8 Å². The number of aryl methyl sites for hydroxylation is 1. The van der Waals surface area contributed by atoms with Crippen molar-refractivity contribution in [1.29, 1.82) is 0 Å². The van der Waals surface area contributed by atoms with Crippen LogP contribution in [-0.2, 0) is 6.42 Å². The van der Waals surface area contributed by atoms with E-state index in [1.54, 1.807) is 31.4 Å². The number of ether oxygens (including phenoxy) is 2. The van der Waals surface area contributed by atoms with Crippen LogP contribution in [0.4, 0.5) is 0 Å². The number of hydrogen-bond acceptors (Lipinski definition) is 4. The summed E-state index contributed by atoms with van der Waals surface area (Å²) in [6, 6.07) is 12.5. The van der Waals surface area contributed by atoms with Crippen LogP contribution in [0.25, 0.3) is 0 Å². The highest BCUT2D eigenvalue weighted by Gasteiger charge is 2.12. The Morgan fingerprint density at radius 3 is 2.52 bits per heavy atom. The van der Waals surface area contributed by atoms with Crippen LogP contribution >= 0.6 is 0 Å². The van der Waals surface area contributed by atoms with E-state index in [0.717, 1.165) is 12.8 Å². The number of rotatable bonds is 6. The summed E-state index contributed by atoms with van der Waals surface area (Å²) in [5.41, 5.74) is 1.58. The lowest BCUT2D eigenvalue weighted by Crippen LogP contribution is -2.29. The Bertz CT molecular complexity index is 599. The van der Waals surface area contributed by atoms with Crippen LogP contribution < -0.4 is 14.9 Å². The standard InChI is InChI=1S/C16H19BO4/c1-3-5-12-8-9-15(16(10-12)20-2)21-14-7-4-6-13(11-14)17(18)19/h4,6-11,18-19H,3,5H2,1-2H3. The van der Waals surface area contributed by atoms with Gasteiger partial charge in [-0.1, -0.05) is 31.5 Å². The smallest absolute Gasteiger partial charge is 0.488 e. The molecule has 0 radical (unpaired) electrons. The van der Waals surface area contributed by atoms with E-state index in [-0.39, 0.29) is 0 Å². The van der Waals surface area contributed by atoms with Gasteiger partial charge in [-0.2, -0.15) is 0 Å². The molecule has 0 saturated carbocycles. The van der Waals surface area contributed by atoms with Crippen molar-refractivity contribution in [3.8, 4) is 17.2 Å². The van der Waals surface area contributed by atoms with E-state index in [4.69, 9.17) is 9.47 Å². The highest BCUT2D eigenvalue weighted by atomic mass is 16.5. The van der Waals surface area contributed by atoms with Gasteiger partial charge in [-0.3, -0.25) is 0 Å². The van der Waals surface area contributed by atoms with Gasteiger partial charge < -0.3 is 19.5 Å². The molecular weight excluding hydrogens is 267 g/mol. The SMILES string of the molecule is CCCc1ccc(Oc2cccc(B(O)O)c2)c(OC)c1. The van der Waals surface area contributed by atoms with E-state index in [0.29, 0.717) is 22.7 Å². The van der Waals surface area contributed by atoms with E-state index in [2.05, 4.69) is 6.92 Å². The van der Waals surface area contributed by atoms with Crippen molar-refractivity contribution >= 4 is 12.6 Å². The average Bonchev–Trinajstić information content (AvgIpc) is 2.49. The third-order valence-electron chi connectivity index (χ3n) is 3.15. The van der Waals surface area contributed by atoms with Crippen molar-refractivity contribution in [3.05, 3.63) is 48.0 Å². The predicted molar refractivity (Wildman–Crippen MR) is 83.3 cm³/mol. The monoisotopic (exact) mass is 286 g/mol. The summed E-state index contributed by atoms with van der Waals surface area (Å²) >= 11 is 0. The zero-order valence-electron chi connectivity index (χ0n) is 12.2. The van der Waals surface area contributed by atoms with E-state index >= 15 is 0 Å². The third kappa shape index (κ3) is 4.00. The quantitative estimate of drug-likeness (QED) is 0.799. The van der Waals surface area contributed by atoms with Crippen LogP contribution in [0.2, 0.25) is 0 Å². The maximum absolute atomic E-state index is 9.19. The van der Waals surface area contributed by atoms with E-state index in [1.165, 1.54) is 5.56 Å². The first-order chi connectivity index (χ1) is 10.1. The second-order valence-electron chi connectivity index (χ2n) is 4.78. The zero-order valence-corrected chi connectivity index (χ0v) is 12.2. The van der Waals surface area contributed by atoms with Crippen LogP contribution in [0.3, 0.4) is 0 Å². The summed E-state index contributed by atoms with van der Waals surface area (Å²) in [4.78, 5) is 0. The van der Waals surface area contributed by atoms with E-state index < -0.39 is 7.12 Å². The molecule has 0 unspecified atom stereocenters. The minimum absolute atomic E-state index is 0.383. The molecule has 2 N–H and O–H groups in total. The normalized spacial score (nSPS) is 10.3. The minimum Gasteiger partial charge on any atom is -0.493 e. The van der Waals surface area contributed by atoms with Gasteiger partial charge in [0.2, 0.25) is 0 Å². The highest BCUT2D eigenvalue weighted by molar-refractivity contribution is 6.58. The molecule has 110 valence electrons. The molecule has 2 aromatic rings. The van der Waals surface area contributed by atoms with Crippen LogP contribution in [-0.4, -0.2) is 24.3 Å². The lowest BCUT2D eigenvalue weighted by molar-refractivity contribution is 0.378. The maximum atomic E-state index is 9.19. The van der Waals surface area contributed by atoms with E-state index in [9.17, 15) is 10.0 Å². The molecule has 0 amide bonds. The molecule has 0 aliphatic carbocycles. The second-order valence-corrected chi connectivity index (χ2v) is 4.78. The molecule has 0 saturated heterocycles. The Kier molecular flexibility index (Phi) is 5.25. The first-order valence-corrected chi connectivity index (χ1v) is 6.95. The van der Waals surface area contributed by atoms with Crippen LogP contribution in [0.1, 0.15) is 18.9 Å². The lowest BCUT2D eigenvalue weighted by atomic mass is 9.80. The van der Waals surface area contributed by atoms with Crippen LogP contribution in [0.5, 0.6) is 17.2 Å². The number of hydrogen-bond donors (Lipinski definition) is 2. The number of methoxy groups -OCH3 is 1. The van der Waals surface area contributed by atoms with Gasteiger partial charge in [0, 0.05) is 0 Å². The van der Waals surface area contributed by atoms with Gasteiger partial charge in [-0.15, -0.1) is 0 Å². The maximum Gasteiger partial charge on any atom is 0.488 e. The summed E-state index contributed by atoms with van der Waals surface area (Å²) in [5.74, 6) is 1.79. The summed E-state index contributed by atoms with van der Waals surface area (Å²) in [7, 11) is 0.0913. The van der Waals surface area contributed by atoms with Crippen molar-refractivity contribution in [1.82, 2.24) is 0 Å². The van der Waals surface area contributed by atoms with Crippen molar-refractivity contribution < 1.29 is 19.5 Å². The molecule has 5 heteroatoms. The Balaban J connectivity index is 2.24. The van der Waals surface area contributed by atoms with Crippen LogP contribution in [0, 0.1) is 0 Å². The fourth-order valence-electron chi connectivity index (χ4n) is 2.11. The van der Waals surface area contributed by atoms with Crippen molar-refractivity contribution in [2.24, 2.45) is 0 Å². The predicted octanol–water partition coefficient (Wildman–Crippen LogP) is 2.12. The molecular formula is C16H19BO4. The second kappa shape index (κ2) is 7.15. The van der Waals surface area contributed by atoms with Gasteiger partial charge >= 0.3 is 7.12 Å². The molecule has 0 atom stereocenters. The molecule has 0 bridgehead atoms. The number of benzene rings is 2. The Labute approximate surface area is 125 Å². The minimum atomic E-state index is -1.51. The largest absolute Gasteiger partial charge is 0.493 e. The van der Waals surface area contributed by atoms with Gasteiger partial charge in [0.05, 0.1) is 7.11 Å². The van der Waals surface area contributed by atoms with Gasteiger partial charge in [0.1, 0.15) is 5.75 Å². The van der Waals surface area contributed by atoms with E-state index in [1.807, 2.05) is 18.2 Å². The Hall–Kier alpha value is -1.98. The Morgan fingerprint density at radius 1 is 1.05 bits per heavy atom. The van der Waals surface area contributed by atoms with Gasteiger partial charge in [0.25, 0.3) is 0 Å². The first kappa shape index (κ1) is 15.4. The molecule has 0 aliphatic heterocycles. The highest BCUT2D eigenvalue weighted by Crippen LogP contribution is 2.32. The summed E-state index contributed by atoms with van der Waals surface area (Å²) in [6.07, 6.45) is 2.06. The van der Waals surface area contributed by atoms with Gasteiger partial charge in [-0.05, 0) is 41.7 Å². The molecule has 0 spiro atoms.